The Morgan fingerprint density at radius 1 is 1.28 bits per heavy atom. The first-order valence-corrected chi connectivity index (χ1v) is 9.54. The highest BCUT2D eigenvalue weighted by Crippen LogP contribution is 2.29. The highest BCUT2D eigenvalue weighted by molar-refractivity contribution is 5.96. The summed E-state index contributed by atoms with van der Waals surface area (Å²) in [4.78, 5) is 27.8. The molecule has 1 aromatic rings. The predicted molar refractivity (Wildman–Crippen MR) is 114 cm³/mol. The van der Waals surface area contributed by atoms with Crippen LogP contribution in [0.5, 0.6) is 11.5 Å². The molecule has 1 fully saturated rings. The van der Waals surface area contributed by atoms with Crippen molar-refractivity contribution in [1.82, 2.24) is 9.80 Å². The summed E-state index contributed by atoms with van der Waals surface area (Å²) in [5.41, 5.74) is 0.576. The maximum atomic E-state index is 12.8. The molecule has 0 aliphatic carbocycles. The third kappa shape index (κ3) is 7.06. The lowest BCUT2D eigenvalue weighted by Crippen LogP contribution is -2.43. The van der Waals surface area contributed by atoms with Crippen LogP contribution in [0.4, 0.5) is 5.69 Å². The summed E-state index contributed by atoms with van der Waals surface area (Å²) in [5, 5.41) is 11.9. The van der Waals surface area contributed by atoms with Gasteiger partial charge in [-0.25, -0.2) is 0 Å². The van der Waals surface area contributed by atoms with E-state index in [4.69, 9.17) is 14.6 Å². The van der Waals surface area contributed by atoms with Crippen LogP contribution in [0.2, 0.25) is 0 Å². The van der Waals surface area contributed by atoms with E-state index in [1.165, 1.54) is 0 Å². The summed E-state index contributed by atoms with van der Waals surface area (Å²) in [6.07, 6.45) is 2.69. The number of ether oxygens (including phenoxy) is 2. The fraction of sp³-hybridized carbons (Fsp3) is 0.600. The van der Waals surface area contributed by atoms with Crippen molar-refractivity contribution in [2.45, 2.75) is 38.3 Å². The van der Waals surface area contributed by atoms with Crippen LogP contribution in [-0.2, 0) is 9.59 Å². The van der Waals surface area contributed by atoms with Gasteiger partial charge >= 0.3 is 5.97 Å². The third-order valence-corrected chi connectivity index (χ3v) is 5.33. The Bertz CT molecular complexity index is 688. The number of methoxy groups -OCH3 is 2. The standard InChI is InChI=1S/C20H31N3O5.ClH/c1-14(20(26)21-17-12-16(27-3)7-8-18(17)28-4)23-10-5-6-15(9-11-23)22(2)13-19(24)25;/h7-8,12,14-15H,5-6,9-11,13H2,1-4H3,(H,21,26)(H,24,25);1H. The Hall–Kier alpha value is -2.03. The molecule has 29 heavy (non-hydrogen) atoms. The Morgan fingerprint density at radius 3 is 2.62 bits per heavy atom. The van der Waals surface area contributed by atoms with Gasteiger partial charge in [-0.2, -0.15) is 0 Å². The number of hydrogen-bond donors (Lipinski definition) is 2. The number of anilines is 1. The molecule has 2 atom stereocenters. The monoisotopic (exact) mass is 429 g/mol. The van der Waals surface area contributed by atoms with Gasteiger partial charge in [0.25, 0.3) is 0 Å². The number of benzene rings is 1. The van der Waals surface area contributed by atoms with Crippen molar-refractivity contribution in [1.29, 1.82) is 0 Å². The highest BCUT2D eigenvalue weighted by atomic mass is 35.5. The molecule has 8 nitrogen and oxygen atoms in total. The smallest absolute Gasteiger partial charge is 0.317 e. The van der Waals surface area contributed by atoms with Gasteiger partial charge in [-0.05, 0) is 51.9 Å². The molecule has 1 aliphatic heterocycles. The second kappa shape index (κ2) is 11.8. The zero-order valence-electron chi connectivity index (χ0n) is 17.5. The quantitative estimate of drug-likeness (QED) is 0.655. The van der Waals surface area contributed by atoms with Crippen LogP contribution in [-0.4, -0.2) is 79.8 Å². The average Bonchev–Trinajstić information content (AvgIpc) is 2.93. The van der Waals surface area contributed by atoms with Crippen LogP contribution in [0, 0.1) is 0 Å². The molecular formula is C20H32ClN3O5. The summed E-state index contributed by atoms with van der Waals surface area (Å²) in [7, 11) is 4.98. The maximum Gasteiger partial charge on any atom is 0.317 e. The minimum absolute atomic E-state index is 0. The molecule has 1 heterocycles. The van der Waals surface area contributed by atoms with Gasteiger partial charge in [-0.1, -0.05) is 0 Å². The molecular weight excluding hydrogens is 398 g/mol. The molecule has 2 N–H and O–H groups in total. The number of carbonyl (C=O) groups is 2. The predicted octanol–water partition coefficient (Wildman–Crippen LogP) is 2.32. The van der Waals surface area contributed by atoms with Gasteiger partial charge < -0.3 is 19.9 Å². The van der Waals surface area contributed by atoms with Crippen molar-refractivity contribution in [3.8, 4) is 11.5 Å². The second-order valence-electron chi connectivity index (χ2n) is 7.16. The SMILES string of the molecule is COc1ccc(OC)c(NC(=O)C(C)N2CCCC(N(C)CC(=O)O)CC2)c1.Cl. The van der Waals surface area contributed by atoms with E-state index in [0.717, 1.165) is 32.4 Å². The molecule has 1 aliphatic rings. The van der Waals surface area contributed by atoms with E-state index in [9.17, 15) is 9.59 Å². The number of likely N-dealkylation sites (tertiary alicyclic amines) is 1. The Labute approximate surface area is 178 Å². The molecule has 9 heteroatoms. The largest absolute Gasteiger partial charge is 0.497 e. The number of nitrogens with zero attached hydrogens (tertiary/aromatic N) is 2. The normalized spacial score (nSPS) is 18.3. The summed E-state index contributed by atoms with van der Waals surface area (Å²) < 4.78 is 10.6. The van der Waals surface area contributed by atoms with E-state index in [-0.39, 0.29) is 36.9 Å². The number of carboxylic acids is 1. The first kappa shape index (κ1) is 25.0. The molecule has 0 spiro atoms. The number of carboxylic acid groups (broad SMARTS) is 1. The number of likely N-dealkylation sites (N-methyl/N-ethyl adjacent to an activating group) is 1. The molecule has 2 rings (SSSR count). The molecule has 1 aromatic carbocycles. The zero-order chi connectivity index (χ0) is 20.7. The first-order chi connectivity index (χ1) is 13.3. The number of amides is 1. The van der Waals surface area contributed by atoms with Crippen molar-refractivity contribution in [2.75, 3.05) is 46.2 Å². The summed E-state index contributed by atoms with van der Waals surface area (Å²) in [6, 6.07) is 5.19. The van der Waals surface area contributed by atoms with Gasteiger partial charge in [-0.15, -0.1) is 12.4 Å². The van der Waals surface area contributed by atoms with Gasteiger partial charge in [-0.3, -0.25) is 19.4 Å². The summed E-state index contributed by atoms with van der Waals surface area (Å²) in [5.74, 6) is 0.294. The van der Waals surface area contributed by atoms with Crippen LogP contribution in [0.25, 0.3) is 0 Å². The first-order valence-electron chi connectivity index (χ1n) is 9.54. The van der Waals surface area contributed by atoms with E-state index in [1.54, 1.807) is 32.4 Å². The van der Waals surface area contributed by atoms with E-state index >= 15 is 0 Å². The molecule has 0 aromatic heterocycles. The fourth-order valence-corrected chi connectivity index (χ4v) is 3.59. The Kier molecular flexibility index (Phi) is 10.2. The Balaban J connectivity index is 0.00000420. The molecule has 0 saturated carbocycles. The number of rotatable bonds is 8. The lowest BCUT2D eigenvalue weighted by atomic mass is 10.1. The minimum Gasteiger partial charge on any atom is -0.497 e. The Morgan fingerprint density at radius 2 is 2.00 bits per heavy atom. The van der Waals surface area contributed by atoms with Crippen LogP contribution in [0.1, 0.15) is 26.2 Å². The third-order valence-electron chi connectivity index (χ3n) is 5.33. The molecule has 1 saturated heterocycles. The van der Waals surface area contributed by atoms with Gasteiger partial charge in [0.1, 0.15) is 11.5 Å². The van der Waals surface area contributed by atoms with Crippen molar-refractivity contribution in [2.24, 2.45) is 0 Å². The molecule has 2 unspecified atom stereocenters. The number of hydrogen-bond acceptors (Lipinski definition) is 6. The second-order valence-corrected chi connectivity index (χ2v) is 7.16. The lowest BCUT2D eigenvalue weighted by Gasteiger charge is -2.28. The average molecular weight is 430 g/mol. The van der Waals surface area contributed by atoms with Gasteiger partial charge in [0, 0.05) is 18.7 Å². The zero-order valence-corrected chi connectivity index (χ0v) is 18.3. The van der Waals surface area contributed by atoms with Crippen molar-refractivity contribution in [3.05, 3.63) is 18.2 Å². The number of aliphatic carboxylic acids is 1. The van der Waals surface area contributed by atoms with Crippen LogP contribution < -0.4 is 14.8 Å². The van der Waals surface area contributed by atoms with E-state index in [0.29, 0.717) is 17.2 Å². The molecule has 164 valence electrons. The van der Waals surface area contributed by atoms with Gasteiger partial charge in [0.15, 0.2) is 0 Å². The van der Waals surface area contributed by atoms with E-state index < -0.39 is 5.97 Å². The van der Waals surface area contributed by atoms with Gasteiger partial charge in [0.2, 0.25) is 5.91 Å². The van der Waals surface area contributed by atoms with E-state index in [2.05, 4.69) is 10.2 Å². The maximum absolute atomic E-state index is 12.8. The van der Waals surface area contributed by atoms with Crippen LogP contribution >= 0.6 is 12.4 Å². The van der Waals surface area contributed by atoms with Crippen molar-refractivity contribution >= 4 is 30.0 Å². The van der Waals surface area contributed by atoms with Crippen molar-refractivity contribution in [3.63, 3.8) is 0 Å². The number of halogens is 1. The summed E-state index contributed by atoms with van der Waals surface area (Å²) >= 11 is 0. The van der Waals surface area contributed by atoms with E-state index in [1.807, 2.05) is 18.9 Å². The molecule has 0 bridgehead atoms. The molecule has 1 amide bonds. The summed E-state index contributed by atoms with van der Waals surface area (Å²) in [6.45, 7) is 3.49. The minimum atomic E-state index is -0.816. The van der Waals surface area contributed by atoms with Crippen molar-refractivity contribution < 1.29 is 24.2 Å². The molecule has 0 radical (unpaired) electrons. The van der Waals surface area contributed by atoms with Crippen LogP contribution in [0.15, 0.2) is 18.2 Å². The topological polar surface area (TPSA) is 91.3 Å². The lowest BCUT2D eigenvalue weighted by molar-refractivity contribution is -0.138. The fourth-order valence-electron chi connectivity index (χ4n) is 3.59. The van der Waals surface area contributed by atoms with Crippen LogP contribution in [0.3, 0.4) is 0 Å². The number of carbonyl (C=O) groups excluding carboxylic acids is 1. The number of nitrogens with one attached hydrogen (secondary N) is 1. The highest BCUT2D eigenvalue weighted by Gasteiger charge is 2.27. The van der Waals surface area contributed by atoms with Gasteiger partial charge in [0.05, 0.1) is 32.5 Å².